The predicted octanol–water partition coefficient (Wildman–Crippen LogP) is 8.49. The Labute approximate surface area is 186 Å². The van der Waals surface area contributed by atoms with Gasteiger partial charge in [0.2, 0.25) is 0 Å². The Balaban J connectivity index is 1.70. The van der Waals surface area contributed by atoms with Crippen molar-refractivity contribution in [3.63, 3.8) is 0 Å². The van der Waals surface area contributed by atoms with E-state index in [0.717, 1.165) is 17.9 Å². The van der Waals surface area contributed by atoms with E-state index in [1.54, 1.807) is 0 Å². The van der Waals surface area contributed by atoms with E-state index in [-0.39, 0.29) is 11.9 Å². The molecule has 0 bridgehead atoms. The fourth-order valence-corrected chi connectivity index (χ4v) is 4.84. The predicted molar refractivity (Wildman–Crippen MR) is 128 cm³/mol. The maximum Gasteiger partial charge on any atom is 0.191 e. The second kappa shape index (κ2) is 14.8. The third-order valence-corrected chi connectivity index (χ3v) is 6.96. The summed E-state index contributed by atoms with van der Waals surface area (Å²) < 4.78 is 5.77. The first kappa shape index (κ1) is 25.1. The van der Waals surface area contributed by atoms with Gasteiger partial charge in [0.1, 0.15) is 6.10 Å². The Morgan fingerprint density at radius 3 is 2.10 bits per heavy atom. The number of carbonyl (C=O) groups is 1. The van der Waals surface area contributed by atoms with E-state index < -0.39 is 0 Å². The van der Waals surface area contributed by atoms with Crippen LogP contribution in [0.2, 0.25) is 0 Å². The average Bonchev–Trinajstić information content (AvgIpc) is 2.79. The van der Waals surface area contributed by atoms with E-state index in [4.69, 9.17) is 4.74 Å². The lowest BCUT2D eigenvalue weighted by atomic mass is 9.77. The van der Waals surface area contributed by atoms with Crippen LogP contribution in [0.1, 0.15) is 133 Å². The number of benzene rings is 1. The molecule has 0 saturated heterocycles. The normalized spacial score (nSPS) is 20.2. The van der Waals surface area contributed by atoms with Crippen molar-refractivity contribution in [2.45, 2.75) is 123 Å². The number of ketones is 1. The number of rotatable bonds is 15. The highest BCUT2D eigenvalue weighted by atomic mass is 16.5. The lowest BCUT2D eigenvalue weighted by molar-refractivity contribution is 0.0464. The third-order valence-electron chi connectivity index (χ3n) is 6.96. The first-order valence-electron chi connectivity index (χ1n) is 12.9. The van der Waals surface area contributed by atoms with Gasteiger partial charge in [0.25, 0.3) is 0 Å². The summed E-state index contributed by atoms with van der Waals surface area (Å²) in [6, 6.07) is 8.43. The van der Waals surface area contributed by atoms with Crippen molar-refractivity contribution in [3.8, 4) is 0 Å². The van der Waals surface area contributed by atoms with Crippen molar-refractivity contribution in [3.05, 3.63) is 35.4 Å². The molecule has 0 amide bonds. The minimum Gasteiger partial charge on any atom is -0.370 e. The molecule has 0 heterocycles. The zero-order valence-electron chi connectivity index (χ0n) is 20.0. The van der Waals surface area contributed by atoms with Crippen molar-refractivity contribution < 1.29 is 9.53 Å². The molecule has 0 aliphatic heterocycles. The van der Waals surface area contributed by atoms with E-state index >= 15 is 0 Å². The molecule has 2 nitrogen and oxygen atoms in total. The Morgan fingerprint density at radius 1 is 0.867 bits per heavy atom. The quantitative estimate of drug-likeness (QED) is 0.212. The standard InChI is InChI=1S/C28H46O2/c1-4-6-8-10-11-13-24-14-16-25(17-15-24)26-18-20-27(21-19-26)28(29)23(3)30-22-12-9-7-5-2/h18-21,23-25H,4-17,22H2,1-3H3. The van der Waals surface area contributed by atoms with Crippen LogP contribution in [0.4, 0.5) is 0 Å². The van der Waals surface area contributed by atoms with Crippen LogP contribution in [0.25, 0.3) is 0 Å². The summed E-state index contributed by atoms with van der Waals surface area (Å²) in [5.74, 6) is 1.74. The number of Topliss-reactive ketones (excluding diaryl/α,β-unsaturated/α-hetero) is 1. The summed E-state index contributed by atoms with van der Waals surface area (Å²) >= 11 is 0. The lowest BCUT2D eigenvalue weighted by Gasteiger charge is -2.29. The smallest absolute Gasteiger partial charge is 0.191 e. The van der Waals surface area contributed by atoms with Gasteiger partial charge in [-0.05, 0) is 56.4 Å². The van der Waals surface area contributed by atoms with Crippen LogP contribution < -0.4 is 0 Å². The van der Waals surface area contributed by atoms with E-state index in [0.29, 0.717) is 12.5 Å². The van der Waals surface area contributed by atoms with Gasteiger partial charge in [-0.3, -0.25) is 4.79 Å². The molecule has 30 heavy (non-hydrogen) atoms. The van der Waals surface area contributed by atoms with Crippen molar-refractivity contribution >= 4 is 5.78 Å². The molecule has 1 aromatic carbocycles. The molecule has 1 aliphatic rings. The van der Waals surface area contributed by atoms with Gasteiger partial charge in [-0.15, -0.1) is 0 Å². The minimum absolute atomic E-state index is 0.115. The average molecular weight is 415 g/mol. The molecule has 1 aromatic rings. The van der Waals surface area contributed by atoms with E-state index in [2.05, 4.69) is 26.0 Å². The molecular weight excluding hydrogens is 368 g/mol. The largest absolute Gasteiger partial charge is 0.370 e. The maximum atomic E-state index is 12.6. The molecule has 170 valence electrons. The third kappa shape index (κ3) is 8.92. The van der Waals surface area contributed by atoms with Crippen LogP contribution in [0, 0.1) is 5.92 Å². The van der Waals surface area contributed by atoms with Crippen molar-refractivity contribution in [2.75, 3.05) is 6.61 Å². The molecule has 0 radical (unpaired) electrons. The van der Waals surface area contributed by atoms with Crippen molar-refractivity contribution in [1.82, 2.24) is 0 Å². The summed E-state index contributed by atoms with van der Waals surface area (Å²) in [7, 11) is 0. The van der Waals surface area contributed by atoms with Gasteiger partial charge in [-0.2, -0.15) is 0 Å². The van der Waals surface area contributed by atoms with Gasteiger partial charge in [0.05, 0.1) is 0 Å². The lowest BCUT2D eigenvalue weighted by Crippen LogP contribution is -2.21. The Hall–Kier alpha value is -1.15. The summed E-state index contributed by atoms with van der Waals surface area (Å²) in [5, 5.41) is 0. The Morgan fingerprint density at radius 2 is 1.47 bits per heavy atom. The molecule has 0 spiro atoms. The van der Waals surface area contributed by atoms with Crippen LogP contribution >= 0.6 is 0 Å². The van der Waals surface area contributed by atoms with Crippen molar-refractivity contribution in [2.24, 2.45) is 5.92 Å². The van der Waals surface area contributed by atoms with E-state index in [1.165, 1.54) is 89.0 Å². The van der Waals surface area contributed by atoms with Gasteiger partial charge in [-0.1, -0.05) is 95.9 Å². The molecule has 0 aromatic heterocycles. The zero-order valence-corrected chi connectivity index (χ0v) is 20.0. The van der Waals surface area contributed by atoms with Gasteiger partial charge in [0, 0.05) is 12.2 Å². The SMILES string of the molecule is CCCCCCCC1CCC(c2ccc(C(=O)C(C)OCCCCCC)cc2)CC1. The summed E-state index contributed by atoms with van der Waals surface area (Å²) in [5.41, 5.74) is 2.21. The molecule has 1 atom stereocenters. The first-order valence-corrected chi connectivity index (χ1v) is 12.9. The highest BCUT2D eigenvalue weighted by molar-refractivity contribution is 5.99. The summed E-state index contributed by atoms with van der Waals surface area (Å²) in [6.45, 7) is 7.07. The maximum absolute atomic E-state index is 12.6. The van der Waals surface area contributed by atoms with Gasteiger partial charge >= 0.3 is 0 Å². The number of hydrogen-bond acceptors (Lipinski definition) is 2. The van der Waals surface area contributed by atoms with Gasteiger partial charge in [0.15, 0.2) is 5.78 Å². The molecular formula is C28H46O2. The topological polar surface area (TPSA) is 26.3 Å². The second-order valence-corrected chi connectivity index (χ2v) is 9.48. The van der Waals surface area contributed by atoms with Crippen molar-refractivity contribution in [1.29, 1.82) is 0 Å². The first-order chi connectivity index (χ1) is 14.7. The molecule has 1 saturated carbocycles. The van der Waals surface area contributed by atoms with Crippen LogP contribution in [0.15, 0.2) is 24.3 Å². The fourth-order valence-electron chi connectivity index (χ4n) is 4.84. The highest BCUT2D eigenvalue weighted by Gasteiger charge is 2.23. The van der Waals surface area contributed by atoms with Gasteiger partial charge < -0.3 is 4.74 Å². The van der Waals surface area contributed by atoms with Crippen LogP contribution in [0.3, 0.4) is 0 Å². The minimum atomic E-state index is -0.342. The molecule has 1 unspecified atom stereocenters. The number of carbonyl (C=O) groups excluding carboxylic acids is 1. The number of ether oxygens (including phenoxy) is 1. The van der Waals surface area contributed by atoms with Crippen LogP contribution in [-0.4, -0.2) is 18.5 Å². The monoisotopic (exact) mass is 414 g/mol. The molecule has 2 heteroatoms. The summed E-state index contributed by atoms with van der Waals surface area (Å²) in [4.78, 5) is 12.6. The highest BCUT2D eigenvalue weighted by Crippen LogP contribution is 2.37. The Bertz CT molecular complexity index is 569. The molecule has 1 fully saturated rings. The second-order valence-electron chi connectivity index (χ2n) is 9.48. The Kier molecular flexibility index (Phi) is 12.4. The molecule has 0 N–H and O–H groups in total. The number of unbranched alkanes of at least 4 members (excludes halogenated alkanes) is 7. The van der Waals surface area contributed by atoms with E-state index in [9.17, 15) is 4.79 Å². The zero-order chi connectivity index (χ0) is 21.6. The summed E-state index contributed by atoms with van der Waals surface area (Å²) in [6.07, 6.45) is 18.2. The van der Waals surface area contributed by atoms with E-state index in [1.807, 2.05) is 19.1 Å². The van der Waals surface area contributed by atoms with Gasteiger partial charge in [-0.25, -0.2) is 0 Å². The number of hydrogen-bond donors (Lipinski definition) is 0. The van der Waals surface area contributed by atoms with Crippen LogP contribution in [-0.2, 0) is 4.74 Å². The molecule has 1 aliphatic carbocycles. The fraction of sp³-hybridized carbons (Fsp3) is 0.750. The molecule has 2 rings (SSSR count). The van der Waals surface area contributed by atoms with Crippen LogP contribution in [0.5, 0.6) is 0 Å².